The highest BCUT2D eigenvalue weighted by molar-refractivity contribution is 5.69. The third-order valence-electron chi connectivity index (χ3n) is 5.03. The largest absolute Gasteiger partial charge is 0.491 e. The van der Waals surface area contributed by atoms with Gasteiger partial charge in [-0.3, -0.25) is 0 Å². The van der Waals surface area contributed by atoms with Crippen LogP contribution in [0.1, 0.15) is 33.6 Å². The Balaban J connectivity index is 1.30. The number of likely N-dealkylation sites (tertiary alicyclic amines) is 1. The summed E-state index contributed by atoms with van der Waals surface area (Å²) in [5.74, 6) is 2.17. The molecular formula is C24H28N4O4. The lowest BCUT2D eigenvalue weighted by atomic mass is 10.2. The minimum absolute atomic E-state index is 0.0178. The number of carbonyl (C=O) groups excluding carboxylic acids is 1. The van der Waals surface area contributed by atoms with Crippen molar-refractivity contribution in [2.75, 3.05) is 13.2 Å². The standard InChI is InChI=1S/C24H28N4O4/c1-24(2,3)32-23(29)27-14-4-5-19(27)15-30-20-10-12-22(13-11-20)31-21-8-6-18(7-9-21)28-17-25-16-26-28/h6-13,16-17,19H,4-5,14-15H2,1-3H3/t19-/m1/s1. The van der Waals surface area contributed by atoms with Crippen LogP contribution in [0.25, 0.3) is 5.69 Å². The molecule has 0 aliphatic carbocycles. The Bertz CT molecular complexity index is 1010. The summed E-state index contributed by atoms with van der Waals surface area (Å²) in [4.78, 5) is 18.1. The minimum atomic E-state index is -0.502. The van der Waals surface area contributed by atoms with Gasteiger partial charge >= 0.3 is 6.09 Å². The van der Waals surface area contributed by atoms with Gasteiger partial charge in [-0.25, -0.2) is 14.5 Å². The molecule has 1 aliphatic heterocycles. The number of benzene rings is 2. The molecular weight excluding hydrogens is 408 g/mol. The third-order valence-corrected chi connectivity index (χ3v) is 5.03. The van der Waals surface area contributed by atoms with Crippen LogP contribution >= 0.6 is 0 Å². The van der Waals surface area contributed by atoms with E-state index in [0.29, 0.717) is 18.9 Å². The third kappa shape index (κ3) is 5.57. The maximum atomic E-state index is 12.4. The molecule has 2 aromatic carbocycles. The Kier molecular flexibility index (Phi) is 6.30. The zero-order valence-electron chi connectivity index (χ0n) is 18.6. The topological polar surface area (TPSA) is 78.7 Å². The molecule has 1 aliphatic rings. The van der Waals surface area contributed by atoms with E-state index < -0.39 is 5.60 Å². The summed E-state index contributed by atoms with van der Waals surface area (Å²) in [6.45, 7) is 6.76. The van der Waals surface area contributed by atoms with Crippen LogP contribution in [0.4, 0.5) is 4.79 Å². The number of ether oxygens (including phenoxy) is 3. The average molecular weight is 437 g/mol. The summed E-state index contributed by atoms with van der Waals surface area (Å²) in [5, 5.41) is 4.11. The van der Waals surface area contributed by atoms with Gasteiger partial charge in [0.25, 0.3) is 0 Å². The van der Waals surface area contributed by atoms with Crippen molar-refractivity contribution in [1.29, 1.82) is 0 Å². The summed E-state index contributed by atoms with van der Waals surface area (Å²) in [6.07, 6.45) is 4.73. The van der Waals surface area contributed by atoms with Crippen LogP contribution in [-0.4, -0.2) is 50.6 Å². The van der Waals surface area contributed by atoms with Crippen LogP contribution in [0, 0.1) is 0 Å². The molecule has 2 heterocycles. The first kappa shape index (κ1) is 21.7. The SMILES string of the molecule is CC(C)(C)OC(=O)N1CCC[C@@H]1COc1ccc(Oc2ccc(-n3cncn3)cc2)cc1. The zero-order chi connectivity index (χ0) is 22.6. The lowest BCUT2D eigenvalue weighted by molar-refractivity contribution is 0.0187. The smallest absolute Gasteiger partial charge is 0.410 e. The summed E-state index contributed by atoms with van der Waals surface area (Å²) in [7, 11) is 0. The Morgan fingerprint density at radius 3 is 2.31 bits per heavy atom. The quantitative estimate of drug-likeness (QED) is 0.550. The number of carbonyl (C=O) groups is 1. The predicted molar refractivity (Wildman–Crippen MR) is 119 cm³/mol. The minimum Gasteiger partial charge on any atom is -0.491 e. The van der Waals surface area contributed by atoms with Gasteiger partial charge in [0.2, 0.25) is 0 Å². The molecule has 8 nitrogen and oxygen atoms in total. The van der Waals surface area contributed by atoms with E-state index in [9.17, 15) is 4.79 Å². The van der Waals surface area contributed by atoms with Gasteiger partial charge in [-0.05, 0) is 82.1 Å². The summed E-state index contributed by atoms with van der Waals surface area (Å²) < 4.78 is 19.0. The molecule has 1 amide bonds. The van der Waals surface area contributed by atoms with E-state index in [2.05, 4.69) is 10.1 Å². The van der Waals surface area contributed by atoms with Gasteiger partial charge < -0.3 is 19.1 Å². The fourth-order valence-corrected chi connectivity index (χ4v) is 3.51. The summed E-state index contributed by atoms with van der Waals surface area (Å²) in [5.41, 5.74) is 0.406. The second kappa shape index (κ2) is 9.30. The molecule has 1 aromatic heterocycles. The van der Waals surface area contributed by atoms with Crippen LogP contribution in [-0.2, 0) is 4.74 Å². The number of aromatic nitrogens is 3. The summed E-state index contributed by atoms with van der Waals surface area (Å²) in [6, 6.07) is 15.1. The predicted octanol–water partition coefficient (Wildman–Crippen LogP) is 4.84. The van der Waals surface area contributed by atoms with Crippen molar-refractivity contribution in [3.63, 3.8) is 0 Å². The first-order valence-electron chi connectivity index (χ1n) is 10.7. The van der Waals surface area contributed by atoms with Gasteiger partial charge in [-0.2, -0.15) is 5.10 Å². The van der Waals surface area contributed by atoms with Gasteiger partial charge in [-0.1, -0.05) is 0 Å². The van der Waals surface area contributed by atoms with Gasteiger partial charge in [0.05, 0.1) is 11.7 Å². The van der Waals surface area contributed by atoms with Crippen LogP contribution in [0.5, 0.6) is 17.2 Å². The van der Waals surface area contributed by atoms with Crippen molar-refractivity contribution in [1.82, 2.24) is 19.7 Å². The van der Waals surface area contributed by atoms with Crippen LogP contribution in [0.15, 0.2) is 61.2 Å². The maximum absolute atomic E-state index is 12.4. The van der Waals surface area contributed by atoms with E-state index in [1.807, 2.05) is 69.3 Å². The monoisotopic (exact) mass is 436 g/mol. The molecule has 0 spiro atoms. The highest BCUT2D eigenvalue weighted by Gasteiger charge is 2.32. The van der Waals surface area contributed by atoms with Crippen molar-refractivity contribution in [2.24, 2.45) is 0 Å². The number of hydrogen-bond donors (Lipinski definition) is 0. The molecule has 0 bridgehead atoms. The second-order valence-corrected chi connectivity index (χ2v) is 8.69. The Hall–Kier alpha value is -3.55. The van der Waals surface area contributed by atoms with E-state index in [0.717, 1.165) is 30.0 Å². The number of hydrogen-bond acceptors (Lipinski definition) is 6. The molecule has 1 atom stereocenters. The average Bonchev–Trinajstić information content (AvgIpc) is 3.45. The molecule has 8 heteroatoms. The molecule has 4 rings (SSSR count). The van der Waals surface area contributed by atoms with Gasteiger partial charge in [-0.15, -0.1) is 0 Å². The number of nitrogens with zero attached hydrogens (tertiary/aromatic N) is 4. The molecule has 3 aromatic rings. The Labute approximate surface area is 187 Å². The van der Waals surface area contributed by atoms with Gasteiger partial charge in [0.15, 0.2) is 0 Å². The van der Waals surface area contributed by atoms with E-state index in [-0.39, 0.29) is 12.1 Å². The highest BCUT2D eigenvalue weighted by atomic mass is 16.6. The van der Waals surface area contributed by atoms with Crippen molar-refractivity contribution >= 4 is 6.09 Å². The molecule has 0 unspecified atom stereocenters. The second-order valence-electron chi connectivity index (χ2n) is 8.69. The van der Waals surface area contributed by atoms with Crippen molar-refractivity contribution < 1.29 is 19.0 Å². The maximum Gasteiger partial charge on any atom is 0.410 e. The molecule has 1 saturated heterocycles. The molecule has 168 valence electrons. The van der Waals surface area contributed by atoms with E-state index >= 15 is 0 Å². The molecule has 0 N–H and O–H groups in total. The van der Waals surface area contributed by atoms with Crippen molar-refractivity contribution in [3.05, 3.63) is 61.2 Å². The van der Waals surface area contributed by atoms with Gasteiger partial charge in [0.1, 0.15) is 42.1 Å². The zero-order valence-corrected chi connectivity index (χ0v) is 18.6. The van der Waals surface area contributed by atoms with E-state index in [1.54, 1.807) is 15.9 Å². The summed E-state index contributed by atoms with van der Waals surface area (Å²) >= 11 is 0. The lowest BCUT2D eigenvalue weighted by Crippen LogP contribution is -2.42. The van der Waals surface area contributed by atoms with Crippen molar-refractivity contribution in [3.8, 4) is 22.9 Å². The van der Waals surface area contributed by atoms with Crippen LogP contribution < -0.4 is 9.47 Å². The molecule has 0 radical (unpaired) electrons. The molecule has 1 fully saturated rings. The number of amides is 1. The fraction of sp³-hybridized carbons (Fsp3) is 0.375. The van der Waals surface area contributed by atoms with E-state index in [1.165, 1.54) is 6.33 Å². The van der Waals surface area contributed by atoms with E-state index in [4.69, 9.17) is 14.2 Å². The lowest BCUT2D eigenvalue weighted by Gasteiger charge is -2.28. The first-order chi connectivity index (χ1) is 15.4. The molecule has 0 saturated carbocycles. The number of rotatable bonds is 6. The Morgan fingerprint density at radius 1 is 1.03 bits per heavy atom. The van der Waals surface area contributed by atoms with Gasteiger partial charge in [0, 0.05) is 6.54 Å². The fourth-order valence-electron chi connectivity index (χ4n) is 3.51. The first-order valence-corrected chi connectivity index (χ1v) is 10.7. The normalized spacial score (nSPS) is 16.1. The Morgan fingerprint density at radius 2 is 1.69 bits per heavy atom. The van der Waals surface area contributed by atoms with Crippen LogP contribution in [0.2, 0.25) is 0 Å². The van der Waals surface area contributed by atoms with Crippen molar-refractivity contribution in [2.45, 2.75) is 45.3 Å². The molecule has 32 heavy (non-hydrogen) atoms. The highest BCUT2D eigenvalue weighted by Crippen LogP contribution is 2.26. The van der Waals surface area contributed by atoms with Crippen LogP contribution in [0.3, 0.4) is 0 Å².